The van der Waals surface area contributed by atoms with Gasteiger partial charge in [-0.2, -0.15) is 0 Å². The standard InChI is InChI=1S/C10H17NO3/c12-10(13)6-7-3-4-9(14-7)8-2-1-5-11-8/h7-9,11H,1-6H2,(H,12,13)/t7?,8-,9?/m0/s1. The van der Waals surface area contributed by atoms with Gasteiger partial charge in [0.25, 0.3) is 0 Å². The zero-order chi connectivity index (χ0) is 9.97. The molecule has 0 amide bonds. The largest absolute Gasteiger partial charge is 0.481 e. The molecule has 2 aliphatic heterocycles. The van der Waals surface area contributed by atoms with E-state index in [0.29, 0.717) is 6.04 Å². The number of carboxylic acids is 1. The molecule has 2 N–H and O–H groups in total. The molecule has 80 valence electrons. The molecule has 14 heavy (non-hydrogen) atoms. The average molecular weight is 199 g/mol. The van der Waals surface area contributed by atoms with Crippen LogP contribution in [0.5, 0.6) is 0 Å². The van der Waals surface area contributed by atoms with Crippen molar-refractivity contribution in [2.45, 2.75) is 50.4 Å². The predicted octanol–water partition coefficient (Wildman–Crippen LogP) is 0.761. The second kappa shape index (κ2) is 4.28. The number of hydrogen-bond donors (Lipinski definition) is 2. The molecule has 0 bridgehead atoms. The van der Waals surface area contributed by atoms with E-state index in [9.17, 15) is 4.79 Å². The average Bonchev–Trinajstić information content (AvgIpc) is 2.69. The van der Waals surface area contributed by atoms with E-state index in [1.54, 1.807) is 0 Å². The van der Waals surface area contributed by atoms with Crippen molar-refractivity contribution in [3.63, 3.8) is 0 Å². The highest BCUT2D eigenvalue weighted by atomic mass is 16.5. The number of hydrogen-bond acceptors (Lipinski definition) is 3. The van der Waals surface area contributed by atoms with Crippen LogP contribution in [0.1, 0.15) is 32.1 Å². The topological polar surface area (TPSA) is 58.6 Å². The van der Waals surface area contributed by atoms with Crippen molar-refractivity contribution in [2.24, 2.45) is 0 Å². The van der Waals surface area contributed by atoms with Gasteiger partial charge >= 0.3 is 5.97 Å². The summed E-state index contributed by atoms with van der Waals surface area (Å²) in [7, 11) is 0. The van der Waals surface area contributed by atoms with Gasteiger partial charge in [-0.1, -0.05) is 0 Å². The maximum atomic E-state index is 10.5. The normalized spacial score (nSPS) is 37.6. The SMILES string of the molecule is O=C(O)CC1CCC([C@@H]2CCCN2)O1. The molecule has 0 aromatic heterocycles. The molecule has 2 aliphatic rings. The molecule has 4 heteroatoms. The van der Waals surface area contributed by atoms with E-state index in [2.05, 4.69) is 5.32 Å². The fourth-order valence-corrected chi connectivity index (χ4v) is 2.40. The van der Waals surface area contributed by atoms with E-state index >= 15 is 0 Å². The van der Waals surface area contributed by atoms with Crippen LogP contribution in [0.2, 0.25) is 0 Å². The third kappa shape index (κ3) is 2.25. The number of ether oxygens (including phenoxy) is 1. The minimum atomic E-state index is -0.755. The molecule has 0 radical (unpaired) electrons. The lowest BCUT2D eigenvalue weighted by molar-refractivity contribution is -0.140. The Labute approximate surface area is 83.6 Å². The molecular weight excluding hydrogens is 182 g/mol. The Bertz CT molecular complexity index is 213. The Morgan fingerprint density at radius 1 is 1.43 bits per heavy atom. The van der Waals surface area contributed by atoms with Crippen LogP contribution in [0, 0.1) is 0 Å². The van der Waals surface area contributed by atoms with Crippen LogP contribution in [0.4, 0.5) is 0 Å². The first-order valence-corrected chi connectivity index (χ1v) is 5.36. The molecule has 0 saturated carbocycles. The summed E-state index contributed by atoms with van der Waals surface area (Å²) in [6.07, 6.45) is 4.65. The van der Waals surface area contributed by atoms with Gasteiger partial charge in [-0.15, -0.1) is 0 Å². The zero-order valence-corrected chi connectivity index (χ0v) is 8.24. The lowest BCUT2D eigenvalue weighted by Gasteiger charge is -2.19. The molecule has 3 atom stereocenters. The fraction of sp³-hybridized carbons (Fsp3) is 0.900. The Hall–Kier alpha value is -0.610. The van der Waals surface area contributed by atoms with Crippen molar-refractivity contribution in [1.29, 1.82) is 0 Å². The molecule has 2 rings (SSSR count). The van der Waals surface area contributed by atoms with E-state index in [1.165, 1.54) is 12.8 Å². The minimum Gasteiger partial charge on any atom is -0.481 e. The van der Waals surface area contributed by atoms with E-state index in [4.69, 9.17) is 9.84 Å². The van der Waals surface area contributed by atoms with Gasteiger partial charge in [0.1, 0.15) is 0 Å². The first-order chi connectivity index (χ1) is 6.75. The van der Waals surface area contributed by atoms with E-state index in [1.807, 2.05) is 0 Å². The first kappa shape index (κ1) is 9.93. The Morgan fingerprint density at radius 2 is 2.29 bits per heavy atom. The lowest BCUT2D eigenvalue weighted by atomic mass is 10.1. The summed E-state index contributed by atoms with van der Waals surface area (Å²) < 4.78 is 5.71. The maximum Gasteiger partial charge on any atom is 0.305 e. The van der Waals surface area contributed by atoms with Crippen molar-refractivity contribution in [1.82, 2.24) is 5.32 Å². The van der Waals surface area contributed by atoms with Crippen molar-refractivity contribution in [3.8, 4) is 0 Å². The number of carbonyl (C=O) groups is 1. The Balaban J connectivity index is 1.78. The summed E-state index contributed by atoms with van der Waals surface area (Å²) in [5, 5.41) is 12.0. The molecule has 2 saturated heterocycles. The monoisotopic (exact) mass is 199 g/mol. The second-order valence-electron chi connectivity index (χ2n) is 4.17. The summed E-state index contributed by atoms with van der Waals surface area (Å²) in [5.74, 6) is -0.755. The summed E-state index contributed by atoms with van der Waals surface area (Å²) in [5.41, 5.74) is 0. The smallest absolute Gasteiger partial charge is 0.305 e. The highest BCUT2D eigenvalue weighted by Gasteiger charge is 2.33. The van der Waals surface area contributed by atoms with Gasteiger partial charge in [-0.3, -0.25) is 4.79 Å². The molecule has 2 fully saturated rings. The van der Waals surface area contributed by atoms with Crippen molar-refractivity contribution in [2.75, 3.05) is 6.54 Å². The van der Waals surface area contributed by atoms with Crippen LogP contribution >= 0.6 is 0 Å². The summed E-state index contributed by atoms with van der Waals surface area (Å²) in [6.45, 7) is 1.08. The molecule has 2 heterocycles. The van der Waals surface area contributed by atoms with Gasteiger partial charge < -0.3 is 15.2 Å². The fourth-order valence-electron chi connectivity index (χ4n) is 2.40. The van der Waals surface area contributed by atoms with Crippen molar-refractivity contribution in [3.05, 3.63) is 0 Å². The van der Waals surface area contributed by atoms with Gasteiger partial charge in [0.15, 0.2) is 0 Å². The Kier molecular flexibility index (Phi) is 3.03. The van der Waals surface area contributed by atoms with E-state index in [-0.39, 0.29) is 18.6 Å². The van der Waals surface area contributed by atoms with Gasteiger partial charge in [0, 0.05) is 6.04 Å². The highest BCUT2D eigenvalue weighted by Crippen LogP contribution is 2.27. The molecular formula is C10H17NO3. The highest BCUT2D eigenvalue weighted by molar-refractivity contribution is 5.67. The lowest BCUT2D eigenvalue weighted by Crippen LogP contribution is -2.35. The zero-order valence-electron chi connectivity index (χ0n) is 8.24. The molecule has 4 nitrogen and oxygen atoms in total. The van der Waals surface area contributed by atoms with Gasteiger partial charge in [0.05, 0.1) is 18.6 Å². The van der Waals surface area contributed by atoms with Gasteiger partial charge in [-0.05, 0) is 32.2 Å². The number of rotatable bonds is 3. The summed E-state index contributed by atoms with van der Waals surface area (Å²) in [6, 6.07) is 0.466. The maximum absolute atomic E-state index is 10.5. The third-order valence-corrected chi connectivity index (χ3v) is 3.09. The summed E-state index contributed by atoms with van der Waals surface area (Å²) in [4.78, 5) is 10.5. The van der Waals surface area contributed by atoms with Crippen LogP contribution in [0.25, 0.3) is 0 Å². The number of aliphatic carboxylic acids is 1. The van der Waals surface area contributed by atoms with Crippen molar-refractivity contribution >= 4 is 5.97 Å². The first-order valence-electron chi connectivity index (χ1n) is 5.36. The predicted molar refractivity (Wildman–Crippen MR) is 51.2 cm³/mol. The van der Waals surface area contributed by atoms with Crippen LogP contribution in [0.3, 0.4) is 0 Å². The second-order valence-corrected chi connectivity index (χ2v) is 4.17. The molecule has 0 spiro atoms. The molecule has 0 aromatic rings. The molecule has 0 aliphatic carbocycles. The number of carboxylic acid groups (broad SMARTS) is 1. The number of nitrogens with one attached hydrogen (secondary N) is 1. The summed E-state index contributed by atoms with van der Waals surface area (Å²) >= 11 is 0. The molecule has 2 unspecified atom stereocenters. The van der Waals surface area contributed by atoms with Crippen LogP contribution in [0.15, 0.2) is 0 Å². The third-order valence-electron chi connectivity index (χ3n) is 3.09. The van der Waals surface area contributed by atoms with Gasteiger partial charge in [0.2, 0.25) is 0 Å². The minimum absolute atomic E-state index is 0.0556. The molecule has 0 aromatic carbocycles. The quantitative estimate of drug-likeness (QED) is 0.704. The Morgan fingerprint density at radius 3 is 2.93 bits per heavy atom. The van der Waals surface area contributed by atoms with E-state index in [0.717, 1.165) is 19.4 Å². The van der Waals surface area contributed by atoms with Gasteiger partial charge in [-0.25, -0.2) is 0 Å². The van der Waals surface area contributed by atoms with Crippen LogP contribution in [-0.2, 0) is 9.53 Å². The van der Waals surface area contributed by atoms with Crippen LogP contribution < -0.4 is 5.32 Å². The van der Waals surface area contributed by atoms with Crippen molar-refractivity contribution < 1.29 is 14.6 Å². The van der Waals surface area contributed by atoms with E-state index < -0.39 is 5.97 Å². The van der Waals surface area contributed by atoms with Crippen LogP contribution in [-0.4, -0.2) is 35.9 Å².